The van der Waals surface area contributed by atoms with Crippen molar-refractivity contribution in [2.75, 3.05) is 39.6 Å². The third-order valence-electron chi connectivity index (χ3n) is 15.9. The summed E-state index contributed by atoms with van der Waals surface area (Å²) >= 11 is 0. The minimum atomic E-state index is -4.95. The fourth-order valence-corrected chi connectivity index (χ4v) is 11.9. The number of carbonyl (C=O) groups excluding carboxylic acids is 4. The van der Waals surface area contributed by atoms with Gasteiger partial charge in [0.05, 0.1) is 26.4 Å². The predicted octanol–water partition coefficient (Wildman–Crippen LogP) is 19.5. The molecule has 3 N–H and O–H groups in total. The highest BCUT2D eigenvalue weighted by Crippen LogP contribution is 2.45. The van der Waals surface area contributed by atoms with Crippen molar-refractivity contribution < 1.29 is 80.2 Å². The first-order valence-corrected chi connectivity index (χ1v) is 38.8. The summed E-state index contributed by atoms with van der Waals surface area (Å²) in [6.07, 6.45) is 43.1. The zero-order valence-corrected chi connectivity index (χ0v) is 59.0. The molecule has 0 amide bonds. The highest BCUT2D eigenvalue weighted by atomic mass is 31.2. The summed E-state index contributed by atoms with van der Waals surface area (Å²) in [6.45, 7) is 11.8. The summed E-state index contributed by atoms with van der Waals surface area (Å²) in [4.78, 5) is 72.4. The van der Waals surface area contributed by atoms with Gasteiger partial charge < -0.3 is 33.8 Å². The summed E-state index contributed by atoms with van der Waals surface area (Å²) in [5.74, 6) is 0.0898. The van der Waals surface area contributed by atoms with E-state index in [-0.39, 0.29) is 25.7 Å². The number of rotatable bonds is 67. The lowest BCUT2D eigenvalue weighted by atomic mass is 10.0. The summed E-state index contributed by atoms with van der Waals surface area (Å²) in [7, 11) is -9.90. The quantitative estimate of drug-likeness (QED) is 0.0222. The monoisotopic (exact) mass is 1300 g/mol. The molecule has 88 heavy (non-hydrogen) atoms. The second-order valence-electron chi connectivity index (χ2n) is 26.3. The highest BCUT2D eigenvalue weighted by molar-refractivity contribution is 7.47. The van der Waals surface area contributed by atoms with E-state index in [0.29, 0.717) is 31.6 Å². The maximum Gasteiger partial charge on any atom is 0.472 e. The van der Waals surface area contributed by atoms with Crippen molar-refractivity contribution in [1.29, 1.82) is 0 Å². The SMILES string of the molecule is CCCCCCCCCCCCCC(=O)O[C@H](COC(=O)CCCCCCCCCC(C)C)COP(=O)(O)OC[C@H](O)COP(=O)(O)OC[C@@H](COC(=O)CCCCCCCCCCC(C)C)OC(=O)CCCCCCCCCCCCCCCC(C)C. The molecule has 0 aromatic heterocycles. The average molecular weight is 1300 g/mol. The van der Waals surface area contributed by atoms with E-state index in [1.807, 2.05) is 0 Å². The molecule has 0 aliphatic heterocycles. The van der Waals surface area contributed by atoms with E-state index >= 15 is 0 Å². The molecule has 0 heterocycles. The Labute approximate surface area is 537 Å². The van der Waals surface area contributed by atoms with Gasteiger partial charge in [0.15, 0.2) is 12.2 Å². The van der Waals surface area contributed by atoms with Crippen LogP contribution in [0.1, 0.15) is 344 Å². The third-order valence-corrected chi connectivity index (χ3v) is 17.8. The van der Waals surface area contributed by atoms with E-state index in [4.69, 9.17) is 37.0 Å². The van der Waals surface area contributed by atoms with Crippen molar-refractivity contribution in [3.05, 3.63) is 0 Å². The molecule has 17 nitrogen and oxygen atoms in total. The third kappa shape index (κ3) is 62.8. The van der Waals surface area contributed by atoms with Gasteiger partial charge in [0.25, 0.3) is 0 Å². The molecule has 19 heteroatoms. The van der Waals surface area contributed by atoms with Crippen molar-refractivity contribution in [1.82, 2.24) is 0 Å². The maximum atomic E-state index is 13.0. The average Bonchev–Trinajstić information content (AvgIpc) is 3.70. The van der Waals surface area contributed by atoms with Gasteiger partial charge in [-0.25, -0.2) is 9.13 Å². The summed E-state index contributed by atoms with van der Waals surface area (Å²) in [6, 6.07) is 0. The lowest BCUT2D eigenvalue weighted by molar-refractivity contribution is -0.161. The lowest BCUT2D eigenvalue weighted by Crippen LogP contribution is -2.30. The van der Waals surface area contributed by atoms with Crippen LogP contribution in [0.15, 0.2) is 0 Å². The Hall–Kier alpha value is -1.94. The molecule has 0 saturated carbocycles. The summed E-state index contributed by atoms with van der Waals surface area (Å²) < 4.78 is 68.2. The second-order valence-corrected chi connectivity index (χ2v) is 29.3. The molecule has 0 aromatic rings. The number of aliphatic hydroxyl groups excluding tert-OH is 1. The van der Waals surface area contributed by atoms with E-state index in [1.54, 1.807) is 0 Å². The molecule has 0 spiro atoms. The maximum absolute atomic E-state index is 13.0. The highest BCUT2D eigenvalue weighted by Gasteiger charge is 2.30. The molecule has 0 bridgehead atoms. The van der Waals surface area contributed by atoms with Gasteiger partial charge in [0.2, 0.25) is 0 Å². The minimum absolute atomic E-state index is 0.106. The predicted molar refractivity (Wildman–Crippen MR) is 354 cm³/mol. The zero-order valence-electron chi connectivity index (χ0n) is 57.2. The van der Waals surface area contributed by atoms with Gasteiger partial charge in [-0.1, -0.05) is 292 Å². The molecule has 5 atom stereocenters. The first-order valence-electron chi connectivity index (χ1n) is 35.8. The second kappa shape index (κ2) is 60.0. The van der Waals surface area contributed by atoms with Crippen molar-refractivity contribution in [3.8, 4) is 0 Å². The molecule has 0 aromatic carbocycles. The van der Waals surface area contributed by atoms with E-state index in [1.165, 1.54) is 148 Å². The Bertz CT molecular complexity index is 1730. The van der Waals surface area contributed by atoms with Gasteiger partial charge in [-0.05, 0) is 43.4 Å². The molecular formula is C69H134O17P2. The van der Waals surface area contributed by atoms with Crippen LogP contribution in [0.4, 0.5) is 0 Å². The van der Waals surface area contributed by atoms with Crippen molar-refractivity contribution in [3.63, 3.8) is 0 Å². The number of phosphoric ester groups is 2. The minimum Gasteiger partial charge on any atom is -0.462 e. The summed E-state index contributed by atoms with van der Waals surface area (Å²) in [5, 5.41) is 10.6. The summed E-state index contributed by atoms with van der Waals surface area (Å²) in [5.41, 5.74) is 0. The van der Waals surface area contributed by atoms with Gasteiger partial charge in [-0.15, -0.1) is 0 Å². The largest absolute Gasteiger partial charge is 0.472 e. The Morgan fingerprint density at radius 1 is 0.307 bits per heavy atom. The molecule has 0 rings (SSSR count). The van der Waals surface area contributed by atoms with Gasteiger partial charge in [0, 0.05) is 25.7 Å². The van der Waals surface area contributed by atoms with Crippen LogP contribution in [0.2, 0.25) is 0 Å². The number of aliphatic hydroxyl groups is 1. The molecule has 0 saturated heterocycles. The fraction of sp³-hybridized carbons (Fsp3) is 0.942. The number of carbonyl (C=O) groups is 4. The van der Waals surface area contributed by atoms with Crippen molar-refractivity contribution in [2.24, 2.45) is 17.8 Å². The molecule has 522 valence electrons. The smallest absolute Gasteiger partial charge is 0.462 e. The van der Waals surface area contributed by atoms with Crippen LogP contribution in [-0.4, -0.2) is 96.7 Å². The van der Waals surface area contributed by atoms with E-state index in [9.17, 15) is 43.2 Å². The Kier molecular flexibility index (Phi) is 58.7. The number of esters is 4. The van der Waals surface area contributed by atoms with Crippen molar-refractivity contribution >= 4 is 39.5 Å². The van der Waals surface area contributed by atoms with Gasteiger partial charge in [-0.2, -0.15) is 0 Å². The molecule has 0 aliphatic rings. The van der Waals surface area contributed by atoms with Gasteiger partial charge in [-0.3, -0.25) is 37.3 Å². The van der Waals surface area contributed by atoms with Crippen molar-refractivity contribution in [2.45, 2.75) is 362 Å². The molecular weight excluding hydrogens is 1160 g/mol. The van der Waals surface area contributed by atoms with E-state index in [2.05, 4.69) is 48.5 Å². The van der Waals surface area contributed by atoms with Crippen LogP contribution in [-0.2, 0) is 65.4 Å². The van der Waals surface area contributed by atoms with Gasteiger partial charge >= 0.3 is 39.5 Å². The zero-order chi connectivity index (χ0) is 65.2. The van der Waals surface area contributed by atoms with E-state index < -0.39 is 97.5 Å². The van der Waals surface area contributed by atoms with Crippen LogP contribution in [0.25, 0.3) is 0 Å². The Balaban J connectivity index is 5.24. The number of hydrogen-bond acceptors (Lipinski definition) is 15. The first-order chi connectivity index (χ1) is 42.2. The van der Waals surface area contributed by atoms with E-state index in [0.717, 1.165) is 108 Å². The lowest BCUT2D eigenvalue weighted by Gasteiger charge is -2.21. The Morgan fingerprint density at radius 2 is 0.523 bits per heavy atom. The van der Waals surface area contributed by atoms with Crippen LogP contribution in [0.5, 0.6) is 0 Å². The molecule has 0 radical (unpaired) electrons. The Morgan fingerprint density at radius 3 is 0.773 bits per heavy atom. The van der Waals surface area contributed by atoms with Crippen LogP contribution >= 0.6 is 15.6 Å². The number of phosphoric acid groups is 2. The number of unbranched alkanes of at least 4 members (excludes halogenated alkanes) is 35. The van der Waals surface area contributed by atoms with Gasteiger partial charge in [0.1, 0.15) is 19.3 Å². The first kappa shape index (κ1) is 86.1. The fourth-order valence-electron chi connectivity index (χ4n) is 10.4. The van der Waals surface area contributed by atoms with Crippen LogP contribution in [0.3, 0.4) is 0 Å². The topological polar surface area (TPSA) is 237 Å². The van der Waals surface area contributed by atoms with Crippen LogP contribution in [0, 0.1) is 17.8 Å². The molecule has 2 unspecified atom stereocenters. The normalized spacial score (nSPS) is 14.2. The number of ether oxygens (including phenoxy) is 4. The number of hydrogen-bond donors (Lipinski definition) is 3. The standard InChI is InChI=1S/C69H134O17P2/c1-8-9-10-11-12-13-17-21-30-38-45-52-68(73)86-65(57-80-67(72)51-44-37-32-25-28-35-42-49-62(6)7)59-84-88(77,78)82-55-63(70)54-81-87(75,76)83-58-64(56-79-66(71)50-43-36-29-24-23-27-34-41-48-61(4)5)85-69(74)53-46-39-31-22-19-16-14-15-18-20-26-33-40-47-60(2)3/h60-65,70H,8-59H2,1-7H3,(H,75,76)(H,77,78)/t63-,64-,65-/m1/s1. The molecule has 0 aliphatic carbocycles. The molecule has 0 fully saturated rings. The van der Waals surface area contributed by atoms with Crippen LogP contribution < -0.4 is 0 Å².